The van der Waals surface area contributed by atoms with Crippen LogP contribution in [0.5, 0.6) is 0 Å². The van der Waals surface area contributed by atoms with E-state index in [1.54, 1.807) is 0 Å². The predicted molar refractivity (Wildman–Crippen MR) is 68.6 cm³/mol. The number of aliphatic hydroxyl groups excluding tert-OH is 7. The summed E-state index contributed by atoms with van der Waals surface area (Å²) < 4.78 is 15.1. The first-order valence-corrected chi connectivity index (χ1v) is 7.04. The zero-order valence-electron chi connectivity index (χ0n) is 12.0. The number of hydrogen-bond acceptors (Lipinski definition) is 11. The van der Waals surface area contributed by atoms with E-state index in [4.69, 9.17) is 19.3 Å². The maximum absolute atomic E-state index is 10.1. The average Bonchev–Trinajstić information content (AvgIpc) is 2.55. The van der Waals surface area contributed by atoms with Crippen molar-refractivity contribution in [2.24, 2.45) is 0 Å². The molecule has 0 radical (unpaired) electrons. The van der Waals surface area contributed by atoms with Gasteiger partial charge in [-0.05, 0) is 0 Å². The van der Waals surface area contributed by atoms with Gasteiger partial charge in [0.1, 0.15) is 42.7 Å². The Labute approximate surface area is 130 Å². The van der Waals surface area contributed by atoms with Crippen molar-refractivity contribution in [3.63, 3.8) is 0 Å². The number of hydrogen-bond donors (Lipinski definition) is 8. The van der Waals surface area contributed by atoms with Crippen molar-refractivity contribution in [2.75, 3.05) is 19.8 Å². The van der Waals surface area contributed by atoms with Gasteiger partial charge in [0.15, 0.2) is 6.29 Å². The van der Waals surface area contributed by atoms with E-state index in [0.29, 0.717) is 0 Å². The SMILES string of the molecule is OC[C@@H]1O[C@H](O[C@H]2[C@@H](O)[C@H](O)CO[C@@]2(O)CO)[C@H](O)[C@@H](O)[C@@H]1O. The molecule has 2 aliphatic heterocycles. The van der Waals surface area contributed by atoms with Gasteiger partial charge >= 0.3 is 0 Å². The fraction of sp³-hybridized carbons (Fsp3) is 1.00. The molecular formula is C12H22O11. The van der Waals surface area contributed by atoms with Crippen LogP contribution in [0, 0.1) is 0 Å². The van der Waals surface area contributed by atoms with Gasteiger partial charge in [0, 0.05) is 0 Å². The van der Waals surface area contributed by atoms with E-state index >= 15 is 0 Å². The highest BCUT2D eigenvalue weighted by Gasteiger charge is 2.53. The third-order valence-electron chi connectivity index (χ3n) is 4.01. The van der Waals surface area contributed by atoms with E-state index in [1.807, 2.05) is 0 Å². The molecule has 23 heavy (non-hydrogen) atoms. The Morgan fingerprint density at radius 3 is 2.17 bits per heavy atom. The van der Waals surface area contributed by atoms with Crippen LogP contribution in [0.1, 0.15) is 0 Å². The quantitative estimate of drug-likeness (QED) is 0.243. The lowest BCUT2D eigenvalue weighted by Gasteiger charge is -2.47. The topological polar surface area (TPSA) is 190 Å². The van der Waals surface area contributed by atoms with Gasteiger partial charge in [0.25, 0.3) is 0 Å². The fourth-order valence-corrected chi connectivity index (χ4v) is 2.53. The zero-order valence-corrected chi connectivity index (χ0v) is 12.0. The third-order valence-corrected chi connectivity index (χ3v) is 4.01. The number of ether oxygens (including phenoxy) is 3. The van der Waals surface area contributed by atoms with Crippen LogP contribution in [0.2, 0.25) is 0 Å². The Kier molecular flexibility index (Phi) is 5.92. The van der Waals surface area contributed by atoms with E-state index in [9.17, 15) is 35.7 Å². The largest absolute Gasteiger partial charge is 0.394 e. The van der Waals surface area contributed by atoms with E-state index in [0.717, 1.165) is 0 Å². The third kappa shape index (κ3) is 3.50. The molecule has 136 valence electrons. The minimum atomic E-state index is -2.38. The van der Waals surface area contributed by atoms with Crippen molar-refractivity contribution in [1.82, 2.24) is 0 Å². The van der Waals surface area contributed by atoms with E-state index in [-0.39, 0.29) is 0 Å². The second kappa shape index (κ2) is 7.21. The summed E-state index contributed by atoms with van der Waals surface area (Å²) >= 11 is 0. The second-order valence-corrected chi connectivity index (χ2v) is 5.63. The summed E-state index contributed by atoms with van der Waals surface area (Å²) in [6.07, 6.45) is -12.9. The molecule has 0 aromatic carbocycles. The van der Waals surface area contributed by atoms with Crippen molar-refractivity contribution in [3.05, 3.63) is 0 Å². The molecule has 11 nitrogen and oxygen atoms in total. The van der Waals surface area contributed by atoms with Crippen molar-refractivity contribution >= 4 is 0 Å². The summed E-state index contributed by atoms with van der Waals surface area (Å²) in [7, 11) is 0. The first-order chi connectivity index (χ1) is 10.7. The van der Waals surface area contributed by atoms with Gasteiger partial charge in [0.05, 0.1) is 19.8 Å². The molecule has 0 aromatic rings. The van der Waals surface area contributed by atoms with Crippen LogP contribution in [0.15, 0.2) is 0 Å². The van der Waals surface area contributed by atoms with Gasteiger partial charge in [-0.25, -0.2) is 0 Å². The van der Waals surface area contributed by atoms with E-state index in [2.05, 4.69) is 0 Å². The molecule has 0 aliphatic carbocycles. The van der Waals surface area contributed by atoms with Gasteiger partial charge < -0.3 is 55.1 Å². The van der Waals surface area contributed by atoms with Crippen LogP contribution >= 0.6 is 0 Å². The molecule has 2 fully saturated rings. The molecule has 11 heteroatoms. The summed E-state index contributed by atoms with van der Waals surface area (Å²) in [6, 6.07) is 0. The predicted octanol–water partition coefficient (Wildman–Crippen LogP) is -5.40. The smallest absolute Gasteiger partial charge is 0.219 e. The summed E-state index contributed by atoms with van der Waals surface area (Å²) in [6.45, 7) is -2.15. The highest BCUT2D eigenvalue weighted by molar-refractivity contribution is 4.95. The minimum Gasteiger partial charge on any atom is -0.394 e. The summed E-state index contributed by atoms with van der Waals surface area (Å²) in [5.74, 6) is -2.38. The molecule has 2 rings (SSSR count). The molecule has 0 spiro atoms. The standard InChI is InChI=1S/C12H22O11/c13-1-5-7(17)8(18)9(19)11(22-5)23-10-6(16)4(15)2-21-12(10,20)3-14/h4-11,13-20H,1-3H2/t4-,5+,6+,7-,8+,9-,10+,11-,12+/m1/s1. The second-order valence-electron chi connectivity index (χ2n) is 5.63. The van der Waals surface area contributed by atoms with Crippen LogP contribution in [0.3, 0.4) is 0 Å². The fourth-order valence-electron chi connectivity index (χ4n) is 2.53. The highest BCUT2D eigenvalue weighted by Crippen LogP contribution is 2.30. The van der Waals surface area contributed by atoms with Gasteiger partial charge in [0.2, 0.25) is 5.79 Å². The Morgan fingerprint density at radius 2 is 1.61 bits per heavy atom. The minimum absolute atomic E-state index is 0.466. The van der Waals surface area contributed by atoms with Crippen molar-refractivity contribution < 1.29 is 55.1 Å². The molecule has 8 N–H and O–H groups in total. The van der Waals surface area contributed by atoms with E-state index in [1.165, 1.54) is 0 Å². The molecule has 2 heterocycles. The molecule has 0 unspecified atom stereocenters. The normalized spacial score (nSPS) is 51.7. The molecule has 0 amide bonds. The first kappa shape index (κ1) is 18.9. The molecule has 0 saturated carbocycles. The maximum Gasteiger partial charge on any atom is 0.219 e. The lowest BCUT2D eigenvalue weighted by atomic mass is 9.96. The summed E-state index contributed by atoms with van der Waals surface area (Å²) in [5.41, 5.74) is 0. The van der Waals surface area contributed by atoms with Crippen LogP contribution in [0.25, 0.3) is 0 Å². The Bertz CT molecular complexity index is 393. The molecule has 2 saturated heterocycles. The van der Waals surface area contributed by atoms with Crippen molar-refractivity contribution in [2.45, 2.75) is 54.8 Å². The zero-order chi connectivity index (χ0) is 17.4. The average molecular weight is 342 g/mol. The van der Waals surface area contributed by atoms with Gasteiger partial charge in [-0.1, -0.05) is 0 Å². The molecule has 0 aromatic heterocycles. The van der Waals surface area contributed by atoms with Gasteiger partial charge in [-0.3, -0.25) is 0 Å². The lowest BCUT2D eigenvalue weighted by molar-refractivity contribution is -0.387. The van der Waals surface area contributed by atoms with Crippen LogP contribution in [-0.4, -0.2) is 115 Å². The Morgan fingerprint density at radius 1 is 0.957 bits per heavy atom. The van der Waals surface area contributed by atoms with Gasteiger partial charge in [-0.15, -0.1) is 0 Å². The Balaban J connectivity index is 2.17. The van der Waals surface area contributed by atoms with Crippen molar-refractivity contribution in [3.8, 4) is 0 Å². The maximum atomic E-state index is 10.1. The summed E-state index contributed by atoms with van der Waals surface area (Å²) in [5, 5.41) is 77.2. The molecule has 2 aliphatic rings. The van der Waals surface area contributed by atoms with Crippen molar-refractivity contribution in [1.29, 1.82) is 0 Å². The Hall–Kier alpha value is -0.440. The van der Waals surface area contributed by atoms with Gasteiger partial charge in [-0.2, -0.15) is 0 Å². The number of rotatable bonds is 4. The summed E-state index contributed by atoms with van der Waals surface area (Å²) in [4.78, 5) is 0. The van der Waals surface area contributed by atoms with Crippen LogP contribution in [-0.2, 0) is 14.2 Å². The van der Waals surface area contributed by atoms with Crippen LogP contribution in [0.4, 0.5) is 0 Å². The van der Waals surface area contributed by atoms with E-state index < -0.39 is 74.6 Å². The molecule has 0 bridgehead atoms. The molecular weight excluding hydrogens is 320 g/mol. The monoisotopic (exact) mass is 342 g/mol. The molecule has 9 atom stereocenters. The van der Waals surface area contributed by atoms with Crippen LogP contribution < -0.4 is 0 Å². The lowest BCUT2D eigenvalue weighted by Crippen LogP contribution is -2.67. The number of aliphatic hydroxyl groups is 8. The highest BCUT2D eigenvalue weighted by atomic mass is 16.7. The first-order valence-electron chi connectivity index (χ1n) is 7.04.